The summed E-state index contributed by atoms with van der Waals surface area (Å²) in [6.07, 6.45) is 4.10. The molecule has 2 unspecified atom stereocenters. The number of piperidine rings is 1. The summed E-state index contributed by atoms with van der Waals surface area (Å²) in [6.45, 7) is 13.1. The fraction of sp³-hybridized carbons (Fsp3) is 1.00. The first kappa shape index (κ1) is 13.0. The van der Waals surface area contributed by atoms with Gasteiger partial charge in [-0.15, -0.1) is 0 Å². The Kier molecular flexibility index (Phi) is 6.26. The molecule has 0 saturated carbocycles. The summed E-state index contributed by atoms with van der Waals surface area (Å²) >= 11 is 0. The van der Waals surface area contributed by atoms with Gasteiger partial charge in [0.15, 0.2) is 0 Å². The summed E-state index contributed by atoms with van der Waals surface area (Å²) in [6, 6.07) is 0. The first-order valence-electron chi connectivity index (χ1n) is 6.69. The fourth-order valence-electron chi connectivity index (χ4n) is 2.28. The molecule has 1 N–H and O–H groups in total. The lowest BCUT2D eigenvalue weighted by Crippen LogP contribution is -2.40. The zero-order chi connectivity index (χ0) is 11.1. The van der Waals surface area contributed by atoms with Crippen molar-refractivity contribution < 1.29 is 0 Å². The maximum absolute atomic E-state index is 3.62. The van der Waals surface area contributed by atoms with E-state index in [0.717, 1.165) is 11.8 Å². The largest absolute Gasteiger partial charge is 0.316 e. The summed E-state index contributed by atoms with van der Waals surface area (Å²) in [7, 11) is 0. The third kappa shape index (κ3) is 4.98. The third-order valence-electron chi connectivity index (χ3n) is 3.67. The van der Waals surface area contributed by atoms with Gasteiger partial charge in [-0.2, -0.15) is 0 Å². The number of nitrogens with zero attached hydrogens (tertiary/aromatic N) is 1. The van der Waals surface area contributed by atoms with Crippen LogP contribution in [0.2, 0.25) is 0 Å². The van der Waals surface area contributed by atoms with Crippen LogP contribution in [0.4, 0.5) is 0 Å². The van der Waals surface area contributed by atoms with Crippen molar-refractivity contribution in [3.8, 4) is 0 Å². The van der Waals surface area contributed by atoms with Gasteiger partial charge in [0.2, 0.25) is 0 Å². The van der Waals surface area contributed by atoms with Crippen LogP contribution in [0.1, 0.15) is 40.0 Å². The average Bonchev–Trinajstić information content (AvgIpc) is 2.29. The van der Waals surface area contributed by atoms with E-state index < -0.39 is 0 Å². The Morgan fingerprint density at radius 2 is 2.20 bits per heavy atom. The van der Waals surface area contributed by atoms with Gasteiger partial charge in [0.05, 0.1) is 0 Å². The quantitative estimate of drug-likeness (QED) is 0.727. The van der Waals surface area contributed by atoms with E-state index in [2.05, 4.69) is 31.0 Å². The fourth-order valence-corrected chi connectivity index (χ4v) is 2.28. The zero-order valence-corrected chi connectivity index (χ0v) is 10.8. The maximum atomic E-state index is 3.62. The van der Waals surface area contributed by atoms with Gasteiger partial charge in [0, 0.05) is 6.54 Å². The Balaban J connectivity index is 2.10. The van der Waals surface area contributed by atoms with Crippen LogP contribution in [0.25, 0.3) is 0 Å². The van der Waals surface area contributed by atoms with Gasteiger partial charge < -0.3 is 10.2 Å². The molecule has 15 heavy (non-hydrogen) atoms. The molecule has 0 bridgehead atoms. The molecule has 2 atom stereocenters. The Hall–Kier alpha value is -0.0800. The van der Waals surface area contributed by atoms with Gasteiger partial charge >= 0.3 is 0 Å². The monoisotopic (exact) mass is 212 g/mol. The van der Waals surface area contributed by atoms with Crippen molar-refractivity contribution in [3.63, 3.8) is 0 Å². The predicted octanol–water partition coefficient (Wildman–Crippen LogP) is 2.35. The molecule has 90 valence electrons. The molecule has 2 heteroatoms. The molecule has 0 aliphatic carbocycles. The number of nitrogens with one attached hydrogen (secondary N) is 1. The minimum Gasteiger partial charge on any atom is -0.316 e. The number of likely N-dealkylation sites (tertiary alicyclic amines) is 1. The van der Waals surface area contributed by atoms with E-state index in [1.165, 1.54) is 52.0 Å². The van der Waals surface area contributed by atoms with Crippen molar-refractivity contribution in [2.24, 2.45) is 11.8 Å². The highest BCUT2D eigenvalue weighted by Gasteiger charge is 2.18. The van der Waals surface area contributed by atoms with E-state index in [1.807, 2.05) is 0 Å². The number of rotatable bonds is 6. The van der Waals surface area contributed by atoms with E-state index in [-0.39, 0.29) is 0 Å². The summed E-state index contributed by atoms with van der Waals surface area (Å²) in [5.74, 6) is 1.72. The SMILES string of the molecule is CCC(C)CNCC1CCCN(CC)C1. The lowest BCUT2D eigenvalue weighted by Gasteiger charge is -2.32. The van der Waals surface area contributed by atoms with Crippen molar-refractivity contribution in [1.82, 2.24) is 10.2 Å². The Bertz CT molecular complexity index is 159. The smallest absolute Gasteiger partial charge is 0.00217 e. The van der Waals surface area contributed by atoms with E-state index in [9.17, 15) is 0 Å². The van der Waals surface area contributed by atoms with Gasteiger partial charge in [-0.25, -0.2) is 0 Å². The Labute approximate surface area is 95.4 Å². The average molecular weight is 212 g/mol. The molecule has 0 amide bonds. The van der Waals surface area contributed by atoms with Crippen LogP contribution in [0, 0.1) is 11.8 Å². The van der Waals surface area contributed by atoms with Crippen LogP contribution in [0.5, 0.6) is 0 Å². The van der Waals surface area contributed by atoms with Gasteiger partial charge in [0.1, 0.15) is 0 Å². The highest BCUT2D eigenvalue weighted by atomic mass is 15.1. The number of hydrogen-bond acceptors (Lipinski definition) is 2. The van der Waals surface area contributed by atoms with E-state index in [0.29, 0.717) is 0 Å². The minimum absolute atomic E-state index is 0.830. The third-order valence-corrected chi connectivity index (χ3v) is 3.67. The zero-order valence-electron chi connectivity index (χ0n) is 10.8. The molecule has 1 aliphatic rings. The summed E-state index contributed by atoms with van der Waals surface area (Å²) in [5, 5.41) is 3.62. The molecule has 1 rings (SSSR count). The van der Waals surface area contributed by atoms with Crippen LogP contribution in [-0.4, -0.2) is 37.6 Å². The minimum atomic E-state index is 0.830. The van der Waals surface area contributed by atoms with Crippen LogP contribution in [0.15, 0.2) is 0 Å². The molecular weight excluding hydrogens is 184 g/mol. The maximum Gasteiger partial charge on any atom is 0.00217 e. The normalized spacial score (nSPS) is 25.4. The topological polar surface area (TPSA) is 15.3 Å². The molecule has 2 nitrogen and oxygen atoms in total. The first-order valence-corrected chi connectivity index (χ1v) is 6.69. The Morgan fingerprint density at radius 3 is 2.87 bits per heavy atom. The molecule has 0 aromatic carbocycles. The van der Waals surface area contributed by atoms with E-state index >= 15 is 0 Å². The van der Waals surface area contributed by atoms with Crippen LogP contribution < -0.4 is 5.32 Å². The second kappa shape index (κ2) is 7.24. The van der Waals surface area contributed by atoms with Crippen LogP contribution in [0.3, 0.4) is 0 Å². The molecule has 1 heterocycles. The summed E-state index contributed by atoms with van der Waals surface area (Å²) < 4.78 is 0. The summed E-state index contributed by atoms with van der Waals surface area (Å²) in [4.78, 5) is 2.58. The second-order valence-corrected chi connectivity index (χ2v) is 5.07. The molecule has 0 spiro atoms. The lowest BCUT2D eigenvalue weighted by atomic mass is 9.98. The second-order valence-electron chi connectivity index (χ2n) is 5.07. The van der Waals surface area contributed by atoms with E-state index in [4.69, 9.17) is 0 Å². The molecule has 1 saturated heterocycles. The standard InChI is InChI=1S/C13H28N2/c1-4-12(3)9-14-10-13-7-6-8-15(5-2)11-13/h12-14H,4-11H2,1-3H3. The van der Waals surface area contributed by atoms with Crippen molar-refractivity contribution in [2.75, 3.05) is 32.7 Å². The summed E-state index contributed by atoms with van der Waals surface area (Å²) in [5.41, 5.74) is 0. The van der Waals surface area contributed by atoms with Crippen LogP contribution in [-0.2, 0) is 0 Å². The molecule has 0 aromatic rings. The van der Waals surface area contributed by atoms with Crippen molar-refractivity contribution in [2.45, 2.75) is 40.0 Å². The van der Waals surface area contributed by atoms with Gasteiger partial charge in [0.25, 0.3) is 0 Å². The highest BCUT2D eigenvalue weighted by Crippen LogP contribution is 2.15. The molecular formula is C13H28N2. The van der Waals surface area contributed by atoms with Crippen LogP contribution >= 0.6 is 0 Å². The lowest BCUT2D eigenvalue weighted by molar-refractivity contribution is 0.179. The molecule has 1 aliphatic heterocycles. The molecule has 0 radical (unpaired) electrons. The van der Waals surface area contributed by atoms with Gasteiger partial charge in [-0.3, -0.25) is 0 Å². The first-order chi connectivity index (χ1) is 7.26. The van der Waals surface area contributed by atoms with Gasteiger partial charge in [-0.05, 0) is 50.9 Å². The Morgan fingerprint density at radius 1 is 1.40 bits per heavy atom. The number of hydrogen-bond donors (Lipinski definition) is 1. The highest BCUT2D eigenvalue weighted by molar-refractivity contribution is 4.74. The van der Waals surface area contributed by atoms with Crippen molar-refractivity contribution in [3.05, 3.63) is 0 Å². The van der Waals surface area contributed by atoms with E-state index in [1.54, 1.807) is 0 Å². The van der Waals surface area contributed by atoms with Gasteiger partial charge in [-0.1, -0.05) is 27.2 Å². The van der Waals surface area contributed by atoms with Crippen molar-refractivity contribution in [1.29, 1.82) is 0 Å². The molecule has 1 fully saturated rings. The molecule has 0 aromatic heterocycles. The predicted molar refractivity (Wildman–Crippen MR) is 67.2 cm³/mol. The van der Waals surface area contributed by atoms with Crippen molar-refractivity contribution >= 4 is 0 Å².